The Bertz CT molecular complexity index is 733. The summed E-state index contributed by atoms with van der Waals surface area (Å²) in [5.74, 6) is 0.674. The summed E-state index contributed by atoms with van der Waals surface area (Å²) in [6, 6.07) is 7.33. The SMILES string of the molecule is COc1ccccc1CCO[C@@H]1O[C@H](CO[C@@H]2O[C@H](CO)[C@@H](O)[C@H](O)[C@H]2O)[C@@H](O)[C@H](O)[C@H]1O. The number of benzene rings is 1. The Hall–Kier alpha value is -1.42. The van der Waals surface area contributed by atoms with E-state index in [0.717, 1.165) is 5.56 Å². The molecule has 7 N–H and O–H groups in total. The second-order valence-electron chi connectivity index (χ2n) is 7.98. The van der Waals surface area contributed by atoms with Gasteiger partial charge in [0.25, 0.3) is 0 Å². The van der Waals surface area contributed by atoms with Gasteiger partial charge in [0.1, 0.15) is 54.6 Å². The third-order valence-electron chi connectivity index (χ3n) is 5.79. The van der Waals surface area contributed by atoms with Gasteiger partial charge in [-0.3, -0.25) is 0 Å². The molecule has 0 bridgehead atoms. The van der Waals surface area contributed by atoms with Gasteiger partial charge in [-0.1, -0.05) is 18.2 Å². The highest BCUT2D eigenvalue weighted by atomic mass is 16.7. The van der Waals surface area contributed by atoms with Crippen molar-refractivity contribution in [2.75, 3.05) is 26.9 Å². The van der Waals surface area contributed by atoms with Crippen molar-refractivity contribution < 1.29 is 59.4 Å². The van der Waals surface area contributed by atoms with Crippen LogP contribution in [-0.4, -0.2) is 124 Å². The first-order chi connectivity index (χ1) is 15.8. The summed E-state index contributed by atoms with van der Waals surface area (Å²) in [6.45, 7) is -0.925. The van der Waals surface area contributed by atoms with E-state index in [0.29, 0.717) is 12.2 Å². The zero-order valence-electron chi connectivity index (χ0n) is 18.1. The fourth-order valence-corrected chi connectivity index (χ4v) is 3.78. The van der Waals surface area contributed by atoms with Crippen LogP contribution in [-0.2, 0) is 25.4 Å². The molecule has 2 saturated heterocycles. The van der Waals surface area contributed by atoms with E-state index in [1.54, 1.807) is 13.2 Å². The van der Waals surface area contributed by atoms with Gasteiger partial charge in [-0.15, -0.1) is 0 Å². The monoisotopic (exact) mass is 476 g/mol. The van der Waals surface area contributed by atoms with Crippen molar-refractivity contribution in [3.8, 4) is 5.75 Å². The van der Waals surface area contributed by atoms with Crippen molar-refractivity contribution in [3.05, 3.63) is 29.8 Å². The van der Waals surface area contributed by atoms with Gasteiger partial charge in [0.15, 0.2) is 12.6 Å². The Kier molecular flexibility index (Phi) is 9.38. The molecule has 0 unspecified atom stereocenters. The summed E-state index contributed by atoms with van der Waals surface area (Å²) in [5.41, 5.74) is 0.869. The average Bonchev–Trinajstić information content (AvgIpc) is 2.83. The fourth-order valence-electron chi connectivity index (χ4n) is 3.78. The molecule has 0 amide bonds. The quantitative estimate of drug-likeness (QED) is 0.190. The lowest BCUT2D eigenvalue weighted by Gasteiger charge is -2.42. The average molecular weight is 476 g/mol. The van der Waals surface area contributed by atoms with Crippen molar-refractivity contribution in [3.63, 3.8) is 0 Å². The Morgan fingerprint density at radius 1 is 0.758 bits per heavy atom. The molecule has 0 radical (unpaired) electrons. The van der Waals surface area contributed by atoms with Crippen LogP contribution < -0.4 is 4.74 Å². The minimum Gasteiger partial charge on any atom is -0.496 e. The first kappa shape index (κ1) is 26.2. The number of para-hydroxylation sites is 1. The van der Waals surface area contributed by atoms with Crippen LogP contribution in [0.3, 0.4) is 0 Å². The maximum atomic E-state index is 10.3. The molecule has 2 fully saturated rings. The molecular formula is C21H32O12. The Morgan fingerprint density at radius 2 is 1.33 bits per heavy atom. The minimum absolute atomic E-state index is 0.116. The van der Waals surface area contributed by atoms with E-state index < -0.39 is 74.6 Å². The highest BCUT2D eigenvalue weighted by Crippen LogP contribution is 2.26. The molecule has 0 saturated carbocycles. The molecule has 0 spiro atoms. The smallest absolute Gasteiger partial charge is 0.186 e. The number of aliphatic hydroxyl groups excluding tert-OH is 7. The Labute approximate surface area is 190 Å². The molecule has 12 nitrogen and oxygen atoms in total. The summed E-state index contributed by atoms with van der Waals surface area (Å²) in [4.78, 5) is 0. The second kappa shape index (κ2) is 11.8. The highest BCUT2D eigenvalue weighted by Gasteiger charge is 2.47. The van der Waals surface area contributed by atoms with Gasteiger partial charge in [-0.25, -0.2) is 0 Å². The first-order valence-electron chi connectivity index (χ1n) is 10.6. The standard InChI is InChI=1S/C21H32O12/c1-29-11-5-3-2-4-10(11)6-7-30-20-18(27)17(26)15(24)13(33-20)9-31-21-19(28)16(25)14(23)12(8-22)32-21/h2-5,12-28H,6-9H2,1H3/t12-,13-,14-,15-,16+,17+,18-,19-,20-,21-/m1/s1. The van der Waals surface area contributed by atoms with Crippen LogP contribution in [0.25, 0.3) is 0 Å². The van der Waals surface area contributed by atoms with Crippen molar-refractivity contribution >= 4 is 0 Å². The van der Waals surface area contributed by atoms with Gasteiger partial charge >= 0.3 is 0 Å². The summed E-state index contributed by atoms with van der Waals surface area (Å²) >= 11 is 0. The molecular weight excluding hydrogens is 444 g/mol. The number of methoxy groups -OCH3 is 1. The van der Waals surface area contributed by atoms with Crippen LogP contribution in [0.4, 0.5) is 0 Å². The van der Waals surface area contributed by atoms with Crippen LogP contribution in [0.5, 0.6) is 5.75 Å². The van der Waals surface area contributed by atoms with Crippen LogP contribution in [0.1, 0.15) is 5.56 Å². The van der Waals surface area contributed by atoms with Gasteiger partial charge in [-0.05, 0) is 18.1 Å². The lowest BCUT2D eigenvalue weighted by atomic mass is 9.98. The number of rotatable bonds is 9. The molecule has 33 heavy (non-hydrogen) atoms. The van der Waals surface area contributed by atoms with E-state index in [9.17, 15) is 35.7 Å². The molecule has 1 aromatic rings. The van der Waals surface area contributed by atoms with Gasteiger partial charge in [0, 0.05) is 0 Å². The maximum Gasteiger partial charge on any atom is 0.186 e. The fraction of sp³-hybridized carbons (Fsp3) is 0.714. The molecule has 188 valence electrons. The van der Waals surface area contributed by atoms with Gasteiger partial charge < -0.3 is 59.4 Å². The number of ether oxygens (including phenoxy) is 5. The second-order valence-corrected chi connectivity index (χ2v) is 7.98. The van der Waals surface area contributed by atoms with E-state index in [1.165, 1.54) is 0 Å². The van der Waals surface area contributed by atoms with Crippen molar-refractivity contribution in [2.24, 2.45) is 0 Å². The minimum atomic E-state index is -1.63. The van der Waals surface area contributed by atoms with Gasteiger partial charge in [0.05, 0.1) is 26.9 Å². The maximum absolute atomic E-state index is 10.3. The molecule has 2 heterocycles. The summed E-state index contributed by atoms with van der Waals surface area (Å²) in [5, 5.41) is 69.7. The first-order valence-corrected chi connectivity index (χ1v) is 10.6. The predicted octanol–water partition coefficient (Wildman–Crippen LogP) is -3.12. The van der Waals surface area contributed by atoms with Crippen molar-refractivity contribution in [1.82, 2.24) is 0 Å². The summed E-state index contributed by atoms with van der Waals surface area (Å²) in [7, 11) is 1.55. The zero-order chi connectivity index (χ0) is 24.1. The van der Waals surface area contributed by atoms with E-state index in [4.69, 9.17) is 23.7 Å². The van der Waals surface area contributed by atoms with Gasteiger partial charge in [-0.2, -0.15) is 0 Å². The number of hydrogen-bond acceptors (Lipinski definition) is 12. The van der Waals surface area contributed by atoms with Gasteiger partial charge in [0.2, 0.25) is 0 Å². The van der Waals surface area contributed by atoms with Crippen LogP contribution in [0.15, 0.2) is 24.3 Å². The molecule has 2 aliphatic rings. The van der Waals surface area contributed by atoms with Crippen molar-refractivity contribution in [2.45, 2.75) is 67.8 Å². The Morgan fingerprint density at radius 3 is 1.97 bits per heavy atom. The molecule has 1 aromatic carbocycles. The molecule has 3 rings (SSSR count). The topological polar surface area (TPSA) is 188 Å². The van der Waals surface area contributed by atoms with E-state index in [-0.39, 0.29) is 6.61 Å². The molecule has 0 aliphatic carbocycles. The summed E-state index contributed by atoms with van der Waals surface area (Å²) < 4.78 is 27.1. The van der Waals surface area contributed by atoms with Crippen LogP contribution in [0.2, 0.25) is 0 Å². The van der Waals surface area contributed by atoms with Crippen LogP contribution >= 0.6 is 0 Å². The van der Waals surface area contributed by atoms with Crippen LogP contribution in [0, 0.1) is 0 Å². The Balaban J connectivity index is 1.56. The lowest BCUT2D eigenvalue weighted by molar-refractivity contribution is -0.331. The zero-order valence-corrected chi connectivity index (χ0v) is 18.1. The molecule has 0 aromatic heterocycles. The predicted molar refractivity (Wildman–Crippen MR) is 109 cm³/mol. The van der Waals surface area contributed by atoms with E-state index in [2.05, 4.69) is 0 Å². The molecule has 2 aliphatic heterocycles. The highest BCUT2D eigenvalue weighted by molar-refractivity contribution is 5.33. The largest absolute Gasteiger partial charge is 0.496 e. The van der Waals surface area contributed by atoms with E-state index in [1.807, 2.05) is 18.2 Å². The van der Waals surface area contributed by atoms with E-state index >= 15 is 0 Å². The normalized spacial score (nSPS) is 39.4. The number of hydrogen-bond donors (Lipinski definition) is 7. The molecule has 12 heteroatoms. The number of aliphatic hydroxyl groups is 7. The van der Waals surface area contributed by atoms with Crippen molar-refractivity contribution in [1.29, 1.82) is 0 Å². The third kappa shape index (κ3) is 5.99. The third-order valence-corrected chi connectivity index (χ3v) is 5.79. The molecule has 10 atom stereocenters. The lowest BCUT2D eigenvalue weighted by Crippen LogP contribution is -2.61. The summed E-state index contributed by atoms with van der Waals surface area (Å²) in [6.07, 6.45) is -14.1.